The first-order valence-corrected chi connectivity index (χ1v) is 9.95. The molecule has 1 amide bonds. The molecule has 3 aromatic carbocycles. The highest BCUT2D eigenvalue weighted by molar-refractivity contribution is 6.32. The van der Waals surface area contributed by atoms with Gasteiger partial charge in [0.1, 0.15) is 11.3 Å². The predicted octanol–water partition coefficient (Wildman–Crippen LogP) is 4.65. The van der Waals surface area contributed by atoms with Gasteiger partial charge in [-0.15, -0.1) is 0 Å². The number of methoxy groups -OCH3 is 1. The summed E-state index contributed by atoms with van der Waals surface area (Å²) in [4.78, 5) is 26.1. The molecule has 0 saturated carbocycles. The van der Waals surface area contributed by atoms with Gasteiger partial charge in [0.2, 0.25) is 0 Å². The Morgan fingerprint density at radius 3 is 2.16 bits per heavy atom. The standard InChI is InChI=1S/C24H22ClNO5/c1-30-19-12-10-18(11-13-19)15-26(14-17-6-3-2-4-7-17)22(27)16-31-23-20(24(28)29)8-5-9-21(23)25/h2-13H,14-16H2,1H3,(H,28,29). The van der Waals surface area contributed by atoms with Gasteiger partial charge in [-0.2, -0.15) is 0 Å². The molecular weight excluding hydrogens is 418 g/mol. The summed E-state index contributed by atoms with van der Waals surface area (Å²) in [5, 5.41) is 9.49. The lowest BCUT2D eigenvalue weighted by molar-refractivity contribution is -0.134. The number of aromatic carboxylic acids is 1. The highest BCUT2D eigenvalue weighted by Crippen LogP contribution is 2.29. The van der Waals surface area contributed by atoms with E-state index in [1.165, 1.54) is 18.2 Å². The molecule has 0 unspecified atom stereocenters. The van der Waals surface area contributed by atoms with Gasteiger partial charge in [-0.3, -0.25) is 4.79 Å². The number of carboxylic acid groups (broad SMARTS) is 1. The number of hydrogen-bond acceptors (Lipinski definition) is 4. The van der Waals surface area contributed by atoms with Crippen LogP contribution in [0.5, 0.6) is 11.5 Å². The van der Waals surface area contributed by atoms with Crippen LogP contribution in [0.15, 0.2) is 72.8 Å². The molecule has 0 aliphatic rings. The summed E-state index contributed by atoms with van der Waals surface area (Å²) in [6.45, 7) is 0.395. The van der Waals surface area contributed by atoms with Gasteiger partial charge >= 0.3 is 5.97 Å². The molecule has 3 aromatic rings. The molecule has 0 saturated heterocycles. The van der Waals surface area contributed by atoms with Crippen molar-refractivity contribution >= 4 is 23.5 Å². The highest BCUT2D eigenvalue weighted by Gasteiger charge is 2.19. The van der Waals surface area contributed by atoms with Gasteiger partial charge in [0, 0.05) is 13.1 Å². The van der Waals surface area contributed by atoms with E-state index in [2.05, 4.69) is 0 Å². The second-order valence-electron chi connectivity index (χ2n) is 6.79. The number of ether oxygens (including phenoxy) is 2. The van der Waals surface area contributed by atoms with Crippen molar-refractivity contribution in [2.45, 2.75) is 13.1 Å². The molecule has 3 rings (SSSR count). The molecule has 0 atom stereocenters. The maximum atomic E-state index is 13.0. The molecule has 6 nitrogen and oxygen atoms in total. The zero-order valence-corrected chi connectivity index (χ0v) is 17.7. The number of halogens is 1. The first kappa shape index (κ1) is 22.2. The van der Waals surface area contributed by atoms with Crippen molar-refractivity contribution in [2.24, 2.45) is 0 Å². The van der Waals surface area contributed by atoms with E-state index in [1.54, 1.807) is 12.0 Å². The number of hydrogen-bond donors (Lipinski definition) is 1. The Hall–Kier alpha value is -3.51. The van der Waals surface area contributed by atoms with Crippen LogP contribution in [-0.4, -0.2) is 35.6 Å². The van der Waals surface area contributed by atoms with E-state index in [-0.39, 0.29) is 28.8 Å². The van der Waals surface area contributed by atoms with E-state index < -0.39 is 5.97 Å². The third kappa shape index (κ3) is 5.99. The van der Waals surface area contributed by atoms with Gasteiger partial charge in [0.15, 0.2) is 12.4 Å². The highest BCUT2D eigenvalue weighted by atomic mass is 35.5. The second kappa shape index (κ2) is 10.5. The van der Waals surface area contributed by atoms with E-state index in [0.29, 0.717) is 13.1 Å². The van der Waals surface area contributed by atoms with E-state index in [1.807, 2.05) is 54.6 Å². The summed E-state index contributed by atoms with van der Waals surface area (Å²) >= 11 is 6.10. The largest absolute Gasteiger partial charge is 0.497 e. The fraction of sp³-hybridized carbons (Fsp3) is 0.167. The first-order chi connectivity index (χ1) is 15.0. The van der Waals surface area contributed by atoms with E-state index in [9.17, 15) is 14.7 Å². The molecule has 0 bridgehead atoms. The summed E-state index contributed by atoms with van der Waals surface area (Å²) in [6.07, 6.45) is 0. The lowest BCUT2D eigenvalue weighted by atomic mass is 10.1. The number of para-hydroxylation sites is 1. The molecule has 0 heterocycles. The van der Waals surface area contributed by atoms with Crippen LogP contribution in [0.3, 0.4) is 0 Å². The molecule has 7 heteroatoms. The molecule has 0 aliphatic heterocycles. The molecular formula is C24H22ClNO5. The number of carboxylic acids is 1. The van der Waals surface area contributed by atoms with Crippen LogP contribution in [0, 0.1) is 0 Å². The van der Waals surface area contributed by atoms with Crippen molar-refractivity contribution < 1.29 is 24.2 Å². The third-order valence-corrected chi connectivity index (χ3v) is 4.94. The number of benzene rings is 3. The number of carbonyl (C=O) groups excluding carboxylic acids is 1. The van der Waals surface area contributed by atoms with Crippen LogP contribution in [0.2, 0.25) is 5.02 Å². The van der Waals surface area contributed by atoms with Crippen molar-refractivity contribution in [2.75, 3.05) is 13.7 Å². The minimum absolute atomic E-state index is 0.0193. The quantitative estimate of drug-likeness (QED) is 0.525. The third-order valence-electron chi connectivity index (χ3n) is 4.64. The zero-order valence-electron chi connectivity index (χ0n) is 17.0. The van der Waals surface area contributed by atoms with Gasteiger partial charge in [0.25, 0.3) is 5.91 Å². The summed E-state index contributed by atoms with van der Waals surface area (Å²) in [6, 6.07) is 21.5. The summed E-state index contributed by atoms with van der Waals surface area (Å²) in [7, 11) is 1.59. The van der Waals surface area contributed by atoms with Gasteiger partial charge < -0.3 is 19.5 Å². The maximum absolute atomic E-state index is 13.0. The second-order valence-corrected chi connectivity index (χ2v) is 7.20. The Balaban J connectivity index is 1.78. The maximum Gasteiger partial charge on any atom is 0.339 e. The molecule has 0 radical (unpaired) electrons. The van der Waals surface area contributed by atoms with Crippen LogP contribution in [-0.2, 0) is 17.9 Å². The summed E-state index contributed by atoms with van der Waals surface area (Å²) < 4.78 is 10.7. The predicted molar refractivity (Wildman–Crippen MR) is 118 cm³/mol. The molecule has 160 valence electrons. The fourth-order valence-corrected chi connectivity index (χ4v) is 3.27. The molecule has 0 aromatic heterocycles. The van der Waals surface area contributed by atoms with Crippen molar-refractivity contribution in [1.82, 2.24) is 4.90 Å². The molecule has 1 N–H and O–H groups in total. The smallest absolute Gasteiger partial charge is 0.339 e. The average Bonchev–Trinajstić information content (AvgIpc) is 2.78. The molecule has 31 heavy (non-hydrogen) atoms. The normalized spacial score (nSPS) is 10.4. The molecule has 0 aliphatic carbocycles. The summed E-state index contributed by atoms with van der Waals surface area (Å²) in [5.74, 6) is -0.762. The van der Waals surface area contributed by atoms with Gasteiger partial charge in [-0.25, -0.2) is 4.79 Å². The van der Waals surface area contributed by atoms with E-state index in [4.69, 9.17) is 21.1 Å². The van der Waals surface area contributed by atoms with Gasteiger partial charge in [-0.05, 0) is 35.4 Å². The van der Waals surface area contributed by atoms with E-state index >= 15 is 0 Å². The molecule has 0 spiro atoms. The van der Waals surface area contributed by atoms with Crippen LogP contribution in [0.4, 0.5) is 0 Å². The molecule has 0 fully saturated rings. The Kier molecular flexibility index (Phi) is 7.51. The lowest BCUT2D eigenvalue weighted by Gasteiger charge is -2.23. The minimum atomic E-state index is -1.18. The van der Waals surface area contributed by atoms with Crippen LogP contribution < -0.4 is 9.47 Å². The Morgan fingerprint density at radius 2 is 1.55 bits per heavy atom. The number of amides is 1. The minimum Gasteiger partial charge on any atom is -0.497 e. The van der Waals surface area contributed by atoms with Crippen LogP contribution in [0.25, 0.3) is 0 Å². The van der Waals surface area contributed by atoms with Crippen molar-refractivity contribution in [3.63, 3.8) is 0 Å². The monoisotopic (exact) mass is 439 g/mol. The Labute approximate surface area is 185 Å². The fourth-order valence-electron chi connectivity index (χ4n) is 3.04. The van der Waals surface area contributed by atoms with Crippen molar-refractivity contribution in [3.05, 3.63) is 94.5 Å². The Bertz CT molecular complexity index is 1040. The number of nitrogens with zero attached hydrogens (tertiary/aromatic N) is 1. The van der Waals surface area contributed by atoms with Gasteiger partial charge in [-0.1, -0.05) is 60.1 Å². The van der Waals surface area contributed by atoms with Crippen molar-refractivity contribution in [3.8, 4) is 11.5 Å². The Morgan fingerprint density at radius 1 is 0.903 bits per heavy atom. The number of carbonyl (C=O) groups is 2. The first-order valence-electron chi connectivity index (χ1n) is 9.57. The SMILES string of the molecule is COc1ccc(CN(Cc2ccccc2)C(=O)COc2c(Cl)cccc2C(=O)O)cc1. The van der Waals surface area contributed by atoms with Gasteiger partial charge in [0.05, 0.1) is 12.1 Å². The summed E-state index contributed by atoms with van der Waals surface area (Å²) in [5.41, 5.74) is 1.80. The van der Waals surface area contributed by atoms with Crippen LogP contribution in [0.1, 0.15) is 21.5 Å². The zero-order chi connectivity index (χ0) is 22.2. The topological polar surface area (TPSA) is 76.1 Å². The van der Waals surface area contributed by atoms with E-state index in [0.717, 1.165) is 16.9 Å². The van der Waals surface area contributed by atoms with Crippen LogP contribution >= 0.6 is 11.6 Å². The number of rotatable bonds is 9. The average molecular weight is 440 g/mol. The van der Waals surface area contributed by atoms with Crippen molar-refractivity contribution in [1.29, 1.82) is 0 Å². The lowest BCUT2D eigenvalue weighted by Crippen LogP contribution is -2.34.